The molecule has 2 aromatic rings. The summed E-state index contributed by atoms with van der Waals surface area (Å²) in [5.41, 5.74) is 2.56. The van der Waals surface area contributed by atoms with Crippen molar-refractivity contribution in [2.45, 2.75) is 13.8 Å². The first-order chi connectivity index (χ1) is 6.72. The molecule has 0 fully saturated rings. The summed E-state index contributed by atoms with van der Waals surface area (Å²) in [5.74, 6) is 0.953. The molecule has 0 saturated heterocycles. The minimum atomic E-state index is 0.953. The lowest BCUT2D eigenvalue weighted by molar-refractivity contribution is 0.419. The zero-order valence-electron chi connectivity index (χ0n) is 8.79. The van der Waals surface area contributed by atoms with Gasteiger partial charge in [0, 0.05) is 5.39 Å². The fraction of sp³-hybridized carbons (Fsp3) is 0.231. The van der Waals surface area contributed by atoms with E-state index in [1.807, 2.05) is 6.07 Å². The molecule has 0 saturated carbocycles. The fourth-order valence-electron chi connectivity index (χ4n) is 1.76. The van der Waals surface area contributed by atoms with Gasteiger partial charge in [0.25, 0.3) is 0 Å². The molecule has 0 bridgehead atoms. The van der Waals surface area contributed by atoms with Gasteiger partial charge in [-0.15, -0.1) is 0 Å². The second-order valence-corrected chi connectivity index (χ2v) is 3.63. The first-order valence-electron chi connectivity index (χ1n) is 4.76. The second kappa shape index (κ2) is 3.33. The van der Waals surface area contributed by atoms with Gasteiger partial charge in [-0.3, -0.25) is 0 Å². The Morgan fingerprint density at radius 2 is 1.71 bits per heavy atom. The van der Waals surface area contributed by atoms with Crippen LogP contribution < -0.4 is 4.74 Å². The van der Waals surface area contributed by atoms with E-state index in [4.69, 9.17) is 4.74 Å². The molecule has 0 aromatic heterocycles. The van der Waals surface area contributed by atoms with Crippen molar-refractivity contribution in [1.82, 2.24) is 0 Å². The van der Waals surface area contributed by atoms with Crippen LogP contribution >= 0.6 is 0 Å². The van der Waals surface area contributed by atoms with Crippen LogP contribution in [0.3, 0.4) is 0 Å². The number of hydrogen-bond donors (Lipinski definition) is 0. The molecular weight excluding hydrogens is 172 g/mol. The van der Waals surface area contributed by atoms with Gasteiger partial charge in [-0.05, 0) is 36.9 Å². The van der Waals surface area contributed by atoms with E-state index in [2.05, 4.69) is 38.1 Å². The summed E-state index contributed by atoms with van der Waals surface area (Å²) in [4.78, 5) is 0. The number of fused-ring (bicyclic) bond motifs is 1. The molecule has 0 heterocycles. The van der Waals surface area contributed by atoms with Gasteiger partial charge < -0.3 is 4.74 Å². The number of aryl methyl sites for hydroxylation is 2. The summed E-state index contributed by atoms with van der Waals surface area (Å²) >= 11 is 0. The maximum atomic E-state index is 5.34. The third-order valence-corrected chi connectivity index (χ3v) is 2.57. The van der Waals surface area contributed by atoms with E-state index in [1.54, 1.807) is 7.11 Å². The normalized spacial score (nSPS) is 10.5. The predicted octanol–water partition coefficient (Wildman–Crippen LogP) is 3.47. The summed E-state index contributed by atoms with van der Waals surface area (Å²) < 4.78 is 5.34. The number of ether oxygens (including phenoxy) is 1. The van der Waals surface area contributed by atoms with Crippen molar-refractivity contribution in [3.8, 4) is 5.75 Å². The summed E-state index contributed by atoms with van der Waals surface area (Å²) in [6, 6.07) is 10.6. The van der Waals surface area contributed by atoms with Crippen LogP contribution in [0.2, 0.25) is 0 Å². The van der Waals surface area contributed by atoms with E-state index in [1.165, 1.54) is 21.9 Å². The van der Waals surface area contributed by atoms with Gasteiger partial charge in [0.2, 0.25) is 0 Å². The molecule has 1 nitrogen and oxygen atoms in total. The fourth-order valence-corrected chi connectivity index (χ4v) is 1.76. The molecule has 0 radical (unpaired) electrons. The monoisotopic (exact) mass is 186 g/mol. The smallest absolute Gasteiger partial charge is 0.126 e. The standard InChI is InChI=1S/C13H14O/c1-9-4-6-11-10(2)5-7-13(14-3)12(11)8-9/h4-8H,1-3H3. The third-order valence-electron chi connectivity index (χ3n) is 2.57. The molecule has 0 N–H and O–H groups in total. The molecule has 0 aliphatic carbocycles. The predicted molar refractivity (Wildman–Crippen MR) is 60.0 cm³/mol. The molecule has 1 heteroatoms. The SMILES string of the molecule is COc1ccc(C)c2ccc(C)cc12. The largest absolute Gasteiger partial charge is 0.496 e. The quantitative estimate of drug-likeness (QED) is 0.662. The number of rotatable bonds is 1. The highest BCUT2D eigenvalue weighted by Crippen LogP contribution is 2.28. The topological polar surface area (TPSA) is 9.23 Å². The molecule has 0 amide bonds. The van der Waals surface area contributed by atoms with Crippen LogP contribution in [0.4, 0.5) is 0 Å². The lowest BCUT2D eigenvalue weighted by Gasteiger charge is -2.08. The van der Waals surface area contributed by atoms with Crippen molar-refractivity contribution in [1.29, 1.82) is 0 Å². The zero-order valence-corrected chi connectivity index (χ0v) is 8.79. The van der Waals surface area contributed by atoms with Crippen LogP contribution in [0.1, 0.15) is 11.1 Å². The lowest BCUT2D eigenvalue weighted by Crippen LogP contribution is -1.87. The molecule has 0 aliphatic rings. The minimum Gasteiger partial charge on any atom is -0.496 e. The maximum Gasteiger partial charge on any atom is 0.126 e. The van der Waals surface area contributed by atoms with Crippen molar-refractivity contribution in [3.63, 3.8) is 0 Å². The minimum absolute atomic E-state index is 0.953. The van der Waals surface area contributed by atoms with Crippen LogP contribution in [-0.2, 0) is 0 Å². The molecule has 2 rings (SSSR count). The highest BCUT2D eigenvalue weighted by Gasteiger charge is 2.03. The molecule has 2 aromatic carbocycles. The zero-order chi connectivity index (χ0) is 10.1. The first kappa shape index (κ1) is 9.07. The van der Waals surface area contributed by atoms with Crippen LogP contribution in [0.15, 0.2) is 30.3 Å². The third kappa shape index (κ3) is 1.35. The van der Waals surface area contributed by atoms with E-state index in [0.29, 0.717) is 0 Å². The molecule has 0 spiro atoms. The van der Waals surface area contributed by atoms with Gasteiger partial charge in [0.1, 0.15) is 5.75 Å². The Kier molecular flexibility index (Phi) is 2.16. The number of methoxy groups -OCH3 is 1. The summed E-state index contributed by atoms with van der Waals surface area (Å²) in [6.07, 6.45) is 0. The summed E-state index contributed by atoms with van der Waals surface area (Å²) in [6.45, 7) is 4.22. The Balaban J connectivity index is 2.85. The second-order valence-electron chi connectivity index (χ2n) is 3.63. The molecule has 0 atom stereocenters. The summed E-state index contributed by atoms with van der Waals surface area (Å²) in [7, 11) is 1.71. The van der Waals surface area contributed by atoms with E-state index in [0.717, 1.165) is 5.75 Å². The van der Waals surface area contributed by atoms with Gasteiger partial charge in [0.05, 0.1) is 7.11 Å². The van der Waals surface area contributed by atoms with Crippen LogP contribution in [0.25, 0.3) is 10.8 Å². The Bertz CT molecular complexity index is 472. The van der Waals surface area contributed by atoms with Crippen LogP contribution in [-0.4, -0.2) is 7.11 Å². The van der Waals surface area contributed by atoms with Gasteiger partial charge in [-0.1, -0.05) is 23.8 Å². The van der Waals surface area contributed by atoms with E-state index < -0.39 is 0 Å². The number of benzene rings is 2. The average Bonchev–Trinajstić information content (AvgIpc) is 2.18. The first-order valence-corrected chi connectivity index (χ1v) is 4.76. The van der Waals surface area contributed by atoms with Crippen LogP contribution in [0, 0.1) is 13.8 Å². The van der Waals surface area contributed by atoms with Crippen molar-refractivity contribution in [3.05, 3.63) is 41.5 Å². The van der Waals surface area contributed by atoms with Crippen molar-refractivity contribution in [2.75, 3.05) is 7.11 Å². The molecule has 0 aliphatic heterocycles. The lowest BCUT2D eigenvalue weighted by atomic mass is 10.0. The van der Waals surface area contributed by atoms with Gasteiger partial charge >= 0.3 is 0 Å². The highest BCUT2D eigenvalue weighted by molar-refractivity contribution is 5.91. The number of hydrogen-bond acceptors (Lipinski definition) is 1. The molecule has 72 valence electrons. The van der Waals surface area contributed by atoms with Crippen molar-refractivity contribution < 1.29 is 4.74 Å². The van der Waals surface area contributed by atoms with Crippen molar-refractivity contribution in [2.24, 2.45) is 0 Å². The molecule has 0 unspecified atom stereocenters. The average molecular weight is 186 g/mol. The summed E-state index contributed by atoms with van der Waals surface area (Å²) in [5, 5.41) is 2.47. The Morgan fingerprint density at radius 1 is 0.929 bits per heavy atom. The van der Waals surface area contributed by atoms with Crippen LogP contribution in [0.5, 0.6) is 5.75 Å². The Hall–Kier alpha value is -1.50. The Labute approximate surface area is 84.3 Å². The van der Waals surface area contributed by atoms with Gasteiger partial charge in [-0.25, -0.2) is 0 Å². The Morgan fingerprint density at radius 3 is 2.43 bits per heavy atom. The highest BCUT2D eigenvalue weighted by atomic mass is 16.5. The molecule has 14 heavy (non-hydrogen) atoms. The molecular formula is C13H14O. The maximum absolute atomic E-state index is 5.34. The van der Waals surface area contributed by atoms with E-state index in [9.17, 15) is 0 Å². The van der Waals surface area contributed by atoms with Gasteiger partial charge in [0.15, 0.2) is 0 Å². The van der Waals surface area contributed by atoms with Gasteiger partial charge in [-0.2, -0.15) is 0 Å². The van der Waals surface area contributed by atoms with E-state index >= 15 is 0 Å². The van der Waals surface area contributed by atoms with E-state index in [-0.39, 0.29) is 0 Å². The van der Waals surface area contributed by atoms with Crippen molar-refractivity contribution >= 4 is 10.8 Å².